The standard InChI is InChI=1S/C26H31NO7/c27-20-6-5-18(25-24(31)23(30)22(29)21(15-28)34-25)14-19(20)13-17-3-1-16(2-4-17)7-8-26(32)9-11-33-12-10-26/h1-6,14,21-25,28-32H,9-13,15,27H2/t21-,22-,23+,24-,25+/m1/s1. The van der Waals surface area contributed by atoms with Crippen LogP contribution in [0.1, 0.15) is 41.2 Å². The van der Waals surface area contributed by atoms with Crippen molar-refractivity contribution in [3.63, 3.8) is 0 Å². The summed E-state index contributed by atoms with van der Waals surface area (Å²) in [6.45, 7) is 0.533. The SMILES string of the molecule is Nc1ccc([C@@H]2O[C@H](CO)[C@@H](O)[C@H](O)[C@H]2O)cc1Cc1ccc(C#CC2(O)CCOCC2)cc1. The second-order valence-electron chi connectivity index (χ2n) is 8.98. The van der Waals surface area contributed by atoms with Crippen LogP contribution in [-0.4, -0.2) is 75.4 Å². The van der Waals surface area contributed by atoms with Crippen LogP contribution in [0.3, 0.4) is 0 Å². The van der Waals surface area contributed by atoms with Gasteiger partial charge in [0.15, 0.2) is 0 Å². The maximum atomic E-state index is 10.5. The predicted molar refractivity (Wildman–Crippen MR) is 125 cm³/mol. The third kappa shape index (κ3) is 5.43. The van der Waals surface area contributed by atoms with E-state index in [2.05, 4.69) is 11.8 Å². The molecule has 2 fully saturated rings. The van der Waals surface area contributed by atoms with E-state index in [9.17, 15) is 25.5 Å². The molecule has 2 aliphatic heterocycles. The predicted octanol–water partition coefficient (Wildman–Crippen LogP) is 0.267. The molecule has 182 valence electrons. The van der Waals surface area contributed by atoms with Gasteiger partial charge >= 0.3 is 0 Å². The second kappa shape index (κ2) is 10.4. The Labute approximate surface area is 198 Å². The Balaban J connectivity index is 1.49. The van der Waals surface area contributed by atoms with Gasteiger partial charge in [0.25, 0.3) is 0 Å². The Kier molecular flexibility index (Phi) is 7.55. The third-order valence-corrected chi connectivity index (χ3v) is 6.50. The van der Waals surface area contributed by atoms with Crippen LogP contribution in [0.5, 0.6) is 0 Å². The summed E-state index contributed by atoms with van der Waals surface area (Å²) in [7, 11) is 0. The van der Waals surface area contributed by atoms with E-state index < -0.39 is 42.7 Å². The van der Waals surface area contributed by atoms with E-state index in [4.69, 9.17) is 15.2 Å². The lowest BCUT2D eigenvalue weighted by atomic mass is 9.89. The quantitative estimate of drug-likeness (QED) is 0.276. The lowest BCUT2D eigenvalue weighted by Crippen LogP contribution is -2.55. The molecule has 0 amide bonds. The number of benzene rings is 2. The molecule has 2 heterocycles. The highest BCUT2D eigenvalue weighted by Gasteiger charge is 2.44. The Morgan fingerprint density at radius 1 is 0.971 bits per heavy atom. The molecule has 4 rings (SSSR count). The molecule has 5 atom stereocenters. The monoisotopic (exact) mass is 469 g/mol. The molecule has 0 saturated carbocycles. The summed E-state index contributed by atoms with van der Waals surface area (Å²) < 4.78 is 10.9. The van der Waals surface area contributed by atoms with Crippen LogP contribution in [0.25, 0.3) is 0 Å². The van der Waals surface area contributed by atoms with Gasteiger partial charge in [0.05, 0.1) is 19.8 Å². The van der Waals surface area contributed by atoms with E-state index in [-0.39, 0.29) is 0 Å². The Morgan fingerprint density at radius 2 is 1.68 bits per heavy atom. The minimum Gasteiger partial charge on any atom is -0.398 e. The molecule has 8 heteroatoms. The second-order valence-corrected chi connectivity index (χ2v) is 8.98. The molecule has 2 aromatic rings. The van der Waals surface area contributed by atoms with Gasteiger partial charge in [0.2, 0.25) is 0 Å². The first kappa shape index (κ1) is 24.6. The molecule has 34 heavy (non-hydrogen) atoms. The maximum absolute atomic E-state index is 10.5. The molecule has 2 aromatic carbocycles. The molecule has 0 spiro atoms. The first-order valence-corrected chi connectivity index (χ1v) is 11.4. The Bertz CT molecular complexity index is 1040. The molecule has 0 unspecified atom stereocenters. The van der Waals surface area contributed by atoms with Crippen molar-refractivity contribution in [2.45, 2.75) is 55.4 Å². The summed E-state index contributed by atoms with van der Waals surface area (Å²) in [5.74, 6) is 6.01. The smallest absolute Gasteiger partial charge is 0.130 e. The van der Waals surface area contributed by atoms with Gasteiger partial charge in [-0.25, -0.2) is 0 Å². The lowest BCUT2D eigenvalue weighted by molar-refractivity contribution is -0.231. The average Bonchev–Trinajstić information content (AvgIpc) is 2.84. The van der Waals surface area contributed by atoms with Crippen molar-refractivity contribution < 1.29 is 35.0 Å². The summed E-state index contributed by atoms with van der Waals surface area (Å²) in [6.07, 6.45) is -4.56. The first-order valence-electron chi connectivity index (χ1n) is 11.4. The van der Waals surface area contributed by atoms with Crippen LogP contribution in [0.4, 0.5) is 5.69 Å². The van der Waals surface area contributed by atoms with E-state index in [0.717, 1.165) is 16.7 Å². The van der Waals surface area contributed by atoms with Crippen LogP contribution >= 0.6 is 0 Å². The van der Waals surface area contributed by atoms with E-state index in [0.29, 0.717) is 43.7 Å². The summed E-state index contributed by atoms with van der Waals surface area (Å²) in [4.78, 5) is 0. The van der Waals surface area contributed by atoms with Gasteiger partial charge < -0.3 is 40.7 Å². The topological polar surface area (TPSA) is 146 Å². The van der Waals surface area contributed by atoms with Gasteiger partial charge in [-0.3, -0.25) is 0 Å². The highest BCUT2D eigenvalue weighted by atomic mass is 16.5. The van der Waals surface area contributed by atoms with Crippen molar-refractivity contribution >= 4 is 5.69 Å². The molecular weight excluding hydrogens is 438 g/mol. The number of aliphatic hydroxyl groups is 5. The number of aliphatic hydroxyl groups excluding tert-OH is 4. The summed E-state index contributed by atoms with van der Waals surface area (Å²) in [5, 5.41) is 50.5. The van der Waals surface area contributed by atoms with Gasteiger partial charge in [-0.15, -0.1) is 0 Å². The fourth-order valence-corrected chi connectivity index (χ4v) is 4.28. The molecule has 0 bridgehead atoms. The lowest BCUT2D eigenvalue weighted by Gasteiger charge is -2.40. The summed E-state index contributed by atoms with van der Waals surface area (Å²) >= 11 is 0. The summed E-state index contributed by atoms with van der Waals surface area (Å²) in [5.41, 5.74) is 8.94. The van der Waals surface area contributed by atoms with Crippen molar-refractivity contribution in [1.29, 1.82) is 0 Å². The van der Waals surface area contributed by atoms with Crippen molar-refractivity contribution in [3.8, 4) is 11.8 Å². The fourth-order valence-electron chi connectivity index (χ4n) is 4.28. The number of nitrogen functional groups attached to an aromatic ring is 1. The number of ether oxygens (including phenoxy) is 2. The van der Waals surface area contributed by atoms with Crippen molar-refractivity contribution in [2.24, 2.45) is 0 Å². The Hall–Kier alpha value is -2.48. The zero-order chi connectivity index (χ0) is 24.3. The molecule has 0 radical (unpaired) electrons. The zero-order valence-corrected chi connectivity index (χ0v) is 18.8. The molecule has 0 aliphatic carbocycles. The van der Waals surface area contributed by atoms with Crippen LogP contribution in [-0.2, 0) is 15.9 Å². The van der Waals surface area contributed by atoms with Crippen LogP contribution in [0.2, 0.25) is 0 Å². The molecule has 2 saturated heterocycles. The molecule has 2 aliphatic rings. The minimum absolute atomic E-state index is 0.482. The van der Waals surface area contributed by atoms with Crippen LogP contribution in [0.15, 0.2) is 42.5 Å². The van der Waals surface area contributed by atoms with E-state index in [1.54, 1.807) is 18.2 Å². The van der Waals surface area contributed by atoms with Crippen molar-refractivity contribution in [1.82, 2.24) is 0 Å². The maximum Gasteiger partial charge on any atom is 0.130 e. The normalized spacial score (nSPS) is 28.7. The molecular formula is C26H31NO7. The van der Waals surface area contributed by atoms with Crippen LogP contribution in [0, 0.1) is 11.8 Å². The van der Waals surface area contributed by atoms with Crippen LogP contribution < -0.4 is 5.73 Å². The van der Waals surface area contributed by atoms with Gasteiger partial charge in [-0.05, 0) is 41.3 Å². The van der Waals surface area contributed by atoms with Gasteiger partial charge in [-0.2, -0.15) is 0 Å². The van der Waals surface area contributed by atoms with Crippen molar-refractivity contribution in [2.75, 3.05) is 25.6 Å². The number of hydrogen-bond acceptors (Lipinski definition) is 8. The molecule has 7 N–H and O–H groups in total. The molecule has 8 nitrogen and oxygen atoms in total. The number of rotatable bonds is 4. The van der Waals surface area contributed by atoms with Gasteiger partial charge in [-0.1, -0.05) is 36.1 Å². The minimum atomic E-state index is -1.44. The average molecular weight is 470 g/mol. The van der Waals surface area contributed by atoms with E-state index in [1.165, 1.54) is 0 Å². The highest BCUT2D eigenvalue weighted by molar-refractivity contribution is 5.51. The van der Waals surface area contributed by atoms with Gasteiger partial charge in [0, 0.05) is 24.1 Å². The zero-order valence-electron chi connectivity index (χ0n) is 18.8. The fraction of sp³-hybridized carbons (Fsp3) is 0.462. The number of anilines is 1. The van der Waals surface area contributed by atoms with Gasteiger partial charge in [0.1, 0.15) is 36.1 Å². The summed E-state index contributed by atoms with van der Waals surface area (Å²) in [6, 6.07) is 12.9. The first-order chi connectivity index (χ1) is 16.3. The highest BCUT2D eigenvalue weighted by Crippen LogP contribution is 2.34. The van der Waals surface area contributed by atoms with E-state index >= 15 is 0 Å². The largest absolute Gasteiger partial charge is 0.398 e. The Morgan fingerprint density at radius 3 is 2.35 bits per heavy atom. The molecule has 0 aromatic heterocycles. The third-order valence-electron chi connectivity index (χ3n) is 6.50. The number of nitrogens with two attached hydrogens (primary N) is 1. The van der Waals surface area contributed by atoms with E-state index in [1.807, 2.05) is 24.3 Å². The number of hydrogen-bond donors (Lipinski definition) is 6. The van der Waals surface area contributed by atoms with Crippen molar-refractivity contribution in [3.05, 3.63) is 64.7 Å².